The van der Waals surface area contributed by atoms with Crippen LogP contribution >= 0.6 is 0 Å². The Hall–Kier alpha value is -6.33. The van der Waals surface area contributed by atoms with Gasteiger partial charge in [-0.1, -0.05) is 126 Å². The standard InChI is InChI=1S/C53H52N4O/c1-37(2)43-21-14-22-44(39-17-7-6-8-18-39)45(43)23-15-31-55-36-56(50-26-12-11-25-49(50)55)41-19-13-16-38(32-41)35-58-42-27-28-47-46-20-9-10-24-48(46)57(51(47)34-42)52-33-40(29-30-54-52)53(3,4)5/h6-14,16-22,24-30,32-34,37H,15,23,31,35-36H2,1-5H3. The van der Waals surface area contributed by atoms with E-state index in [2.05, 4.69) is 201 Å². The maximum absolute atomic E-state index is 6.57. The zero-order valence-electron chi connectivity index (χ0n) is 34.3. The first-order valence-corrected chi connectivity index (χ1v) is 20.7. The molecule has 5 heteroatoms. The molecule has 2 aromatic heterocycles. The molecule has 0 unspecified atom stereocenters. The Bertz CT molecular complexity index is 2720. The molecule has 0 radical (unpaired) electrons. The molecule has 0 saturated carbocycles. The van der Waals surface area contributed by atoms with Gasteiger partial charge in [-0.25, -0.2) is 4.98 Å². The number of nitrogens with zero attached hydrogens (tertiary/aromatic N) is 4. The molecule has 58 heavy (non-hydrogen) atoms. The summed E-state index contributed by atoms with van der Waals surface area (Å²) in [5.41, 5.74) is 13.9. The third-order valence-corrected chi connectivity index (χ3v) is 11.7. The van der Waals surface area contributed by atoms with Crippen LogP contribution in [0.15, 0.2) is 158 Å². The van der Waals surface area contributed by atoms with Crippen molar-refractivity contribution in [3.8, 4) is 22.7 Å². The smallest absolute Gasteiger partial charge is 0.137 e. The van der Waals surface area contributed by atoms with Crippen LogP contribution in [0.5, 0.6) is 5.75 Å². The second-order valence-corrected chi connectivity index (χ2v) is 17.0. The largest absolute Gasteiger partial charge is 0.489 e. The second-order valence-electron chi connectivity index (χ2n) is 17.0. The highest BCUT2D eigenvalue weighted by atomic mass is 16.5. The maximum Gasteiger partial charge on any atom is 0.137 e. The fourth-order valence-electron chi connectivity index (χ4n) is 8.73. The number of benzene rings is 6. The molecule has 0 bridgehead atoms. The molecule has 9 rings (SSSR count). The third-order valence-electron chi connectivity index (χ3n) is 11.7. The normalized spacial score (nSPS) is 12.9. The van der Waals surface area contributed by atoms with E-state index in [0.717, 1.165) is 54.2 Å². The van der Waals surface area contributed by atoms with Crippen molar-refractivity contribution < 1.29 is 4.74 Å². The highest BCUT2D eigenvalue weighted by molar-refractivity contribution is 6.09. The van der Waals surface area contributed by atoms with Gasteiger partial charge in [0.2, 0.25) is 0 Å². The highest BCUT2D eigenvalue weighted by Gasteiger charge is 2.27. The highest BCUT2D eigenvalue weighted by Crippen LogP contribution is 2.41. The Balaban J connectivity index is 0.937. The molecule has 0 atom stereocenters. The SMILES string of the molecule is CC(C)c1cccc(-c2ccccc2)c1CCCN1CN(c2cccc(COc3ccc4c5ccccc5n(-c5cc(C(C)(C)C)ccn5)c4c3)c2)c2ccccc21. The van der Waals surface area contributed by atoms with Gasteiger partial charge in [0, 0.05) is 35.3 Å². The molecule has 1 aliphatic heterocycles. The molecule has 290 valence electrons. The molecule has 5 nitrogen and oxygen atoms in total. The lowest BCUT2D eigenvalue weighted by molar-refractivity contribution is 0.306. The Morgan fingerprint density at radius 1 is 0.690 bits per heavy atom. The summed E-state index contributed by atoms with van der Waals surface area (Å²) in [5.74, 6) is 2.22. The van der Waals surface area contributed by atoms with Crippen molar-refractivity contribution in [1.29, 1.82) is 0 Å². The van der Waals surface area contributed by atoms with Crippen LogP contribution < -0.4 is 14.5 Å². The number of para-hydroxylation sites is 3. The number of anilines is 3. The van der Waals surface area contributed by atoms with Crippen LogP contribution in [0.4, 0.5) is 17.1 Å². The lowest BCUT2D eigenvalue weighted by atomic mass is 9.88. The Labute approximate surface area is 343 Å². The van der Waals surface area contributed by atoms with Crippen molar-refractivity contribution in [3.63, 3.8) is 0 Å². The van der Waals surface area contributed by atoms with Crippen molar-refractivity contribution in [2.45, 2.75) is 65.4 Å². The van der Waals surface area contributed by atoms with Crippen LogP contribution in [0, 0.1) is 0 Å². The van der Waals surface area contributed by atoms with E-state index < -0.39 is 0 Å². The molecule has 8 aromatic rings. The van der Waals surface area contributed by atoms with Crippen LogP contribution in [0.1, 0.15) is 69.2 Å². The quantitative estimate of drug-likeness (QED) is 0.131. The van der Waals surface area contributed by atoms with E-state index in [0.29, 0.717) is 12.5 Å². The Morgan fingerprint density at radius 3 is 2.28 bits per heavy atom. The van der Waals surface area contributed by atoms with Crippen molar-refractivity contribution in [2.75, 3.05) is 23.0 Å². The predicted octanol–water partition coefficient (Wildman–Crippen LogP) is 13.4. The summed E-state index contributed by atoms with van der Waals surface area (Å²) >= 11 is 0. The number of pyridine rings is 1. The molecule has 0 N–H and O–H groups in total. The minimum absolute atomic E-state index is 0.0159. The number of hydrogen-bond acceptors (Lipinski definition) is 4. The summed E-state index contributed by atoms with van der Waals surface area (Å²) in [4.78, 5) is 9.84. The van der Waals surface area contributed by atoms with E-state index in [1.165, 1.54) is 55.7 Å². The van der Waals surface area contributed by atoms with E-state index in [1.54, 1.807) is 0 Å². The molecule has 6 aromatic carbocycles. The lowest BCUT2D eigenvalue weighted by Crippen LogP contribution is -2.29. The lowest BCUT2D eigenvalue weighted by Gasteiger charge is -2.23. The summed E-state index contributed by atoms with van der Waals surface area (Å²) in [6.45, 7) is 13.6. The Morgan fingerprint density at radius 2 is 1.45 bits per heavy atom. The molecule has 0 aliphatic carbocycles. The van der Waals surface area contributed by atoms with Gasteiger partial charge in [0.25, 0.3) is 0 Å². The molecular weight excluding hydrogens is 709 g/mol. The van der Waals surface area contributed by atoms with Crippen LogP contribution in [0.25, 0.3) is 38.8 Å². The number of fused-ring (bicyclic) bond motifs is 4. The third kappa shape index (κ3) is 7.22. The fraction of sp³-hybridized carbons (Fsp3) is 0.226. The summed E-state index contributed by atoms with van der Waals surface area (Å²) < 4.78 is 8.85. The maximum atomic E-state index is 6.57. The van der Waals surface area contributed by atoms with Crippen LogP contribution in [-0.2, 0) is 18.4 Å². The van der Waals surface area contributed by atoms with E-state index in [1.807, 2.05) is 6.20 Å². The summed E-state index contributed by atoms with van der Waals surface area (Å²) in [6.07, 6.45) is 4.04. The van der Waals surface area contributed by atoms with Gasteiger partial charge in [-0.15, -0.1) is 0 Å². The van der Waals surface area contributed by atoms with Crippen molar-refractivity contribution >= 4 is 38.9 Å². The van der Waals surface area contributed by atoms with Gasteiger partial charge < -0.3 is 14.5 Å². The zero-order chi connectivity index (χ0) is 39.8. The van der Waals surface area contributed by atoms with Crippen LogP contribution in [-0.4, -0.2) is 22.8 Å². The molecule has 0 fully saturated rings. The number of hydrogen-bond donors (Lipinski definition) is 0. The fourth-order valence-corrected chi connectivity index (χ4v) is 8.73. The van der Waals surface area contributed by atoms with E-state index >= 15 is 0 Å². The first-order valence-electron chi connectivity index (χ1n) is 20.7. The monoisotopic (exact) mass is 760 g/mol. The van der Waals surface area contributed by atoms with Gasteiger partial charge in [0.1, 0.15) is 18.2 Å². The number of aromatic nitrogens is 2. The van der Waals surface area contributed by atoms with Gasteiger partial charge in [0.05, 0.1) is 29.1 Å². The summed E-state index contributed by atoms with van der Waals surface area (Å²) in [6, 6.07) is 54.7. The van der Waals surface area contributed by atoms with Crippen molar-refractivity contribution in [2.24, 2.45) is 0 Å². The topological polar surface area (TPSA) is 33.5 Å². The summed E-state index contributed by atoms with van der Waals surface area (Å²) in [5, 5.41) is 2.39. The molecular formula is C53H52N4O. The molecule has 0 spiro atoms. The average Bonchev–Trinajstić information content (AvgIpc) is 3.78. The van der Waals surface area contributed by atoms with Gasteiger partial charge in [-0.05, 0) is 112 Å². The van der Waals surface area contributed by atoms with Crippen molar-refractivity contribution in [1.82, 2.24) is 9.55 Å². The van der Waals surface area contributed by atoms with E-state index in [-0.39, 0.29) is 5.41 Å². The molecule has 3 heterocycles. The predicted molar refractivity (Wildman–Crippen MR) is 243 cm³/mol. The van der Waals surface area contributed by atoms with E-state index in [4.69, 9.17) is 9.72 Å². The zero-order valence-corrected chi connectivity index (χ0v) is 34.3. The average molecular weight is 761 g/mol. The van der Waals surface area contributed by atoms with E-state index in [9.17, 15) is 0 Å². The first-order chi connectivity index (χ1) is 28.2. The Kier molecular flexibility index (Phi) is 9.99. The van der Waals surface area contributed by atoms with Crippen molar-refractivity contribution in [3.05, 3.63) is 180 Å². The van der Waals surface area contributed by atoms with Gasteiger partial charge in [-0.3, -0.25) is 4.57 Å². The summed E-state index contributed by atoms with van der Waals surface area (Å²) in [7, 11) is 0. The van der Waals surface area contributed by atoms with Crippen LogP contribution in [0.3, 0.4) is 0 Å². The van der Waals surface area contributed by atoms with Gasteiger partial charge >= 0.3 is 0 Å². The number of ether oxygens (including phenoxy) is 1. The molecule has 1 aliphatic rings. The van der Waals surface area contributed by atoms with Crippen LogP contribution in [0.2, 0.25) is 0 Å². The minimum Gasteiger partial charge on any atom is -0.489 e. The molecule has 0 amide bonds. The minimum atomic E-state index is 0.0159. The second kappa shape index (κ2) is 15.5. The van der Waals surface area contributed by atoms with Gasteiger partial charge in [0.15, 0.2) is 0 Å². The molecule has 0 saturated heterocycles. The number of rotatable bonds is 11. The first kappa shape index (κ1) is 37.3. The van der Waals surface area contributed by atoms with Gasteiger partial charge in [-0.2, -0.15) is 0 Å².